The normalized spacial score (nSPS) is 20.9. The van der Waals surface area contributed by atoms with Gasteiger partial charge in [-0.2, -0.15) is 0 Å². The van der Waals surface area contributed by atoms with E-state index in [1.54, 1.807) is 4.90 Å². The topological polar surface area (TPSA) is 43.8 Å². The highest BCUT2D eigenvalue weighted by molar-refractivity contribution is 5.78. The molecular weight excluding hydrogens is 252 g/mol. The zero-order valence-electron chi connectivity index (χ0n) is 12.3. The number of likely N-dealkylation sites (N-methyl/N-ethyl adjacent to an activating group) is 1. The number of rotatable bonds is 5. The van der Waals surface area contributed by atoms with E-state index in [1.165, 1.54) is 0 Å². The fraction of sp³-hybridized carbons (Fsp3) is 0.562. The smallest absolute Gasteiger partial charge is 0.237 e. The number of likely N-dealkylation sites (tertiary alicyclic amines) is 1. The van der Waals surface area contributed by atoms with Crippen LogP contribution in [-0.4, -0.2) is 53.6 Å². The van der Waals surface area contributed by atoms with Crippen LogP contribution in [0.1, 0.15) is 31.4 Å². The zero-order chi connectivity index (χ0) is 14.5. The minimum Gasteiger partial charge on any atom is -0.395 e. The van der Waals surface area contributed by atoms with Crippen molar-refractivity contribution in [2.45, 2.75) is 31.8 Å². The lowest BCUT2D eigenvalue weighted by Gasteiger charge is -2.29. The second-order valence-corrected chi connectivity index (χ2v) is 5.54. The van der Waals surface area contributed by atoms with E-state index in [0.717, 1.165) is 24.9 Å². The van der Waals surface area contributed by atoms with Gasteiger partial charge in [0.1, 0.15) is 0 Å². The van der Waals surface area contributed by atoms with Crippen LogP contribution in [0.3, 0.4) is 0 Å². The Bertz CT molecular complexity index is 435. The van der Waals surface area contributed by atoms with Gasteiger partial charge in [0.2, 0.25) is 5.91 Å². The molecule has 1 aliphatic heterocycles. The summed E-state index contributed by atoms with van der Waals surface area (Å²) in [7, 11) is 1.85. The molecule has 1 aromatic rings. The van der Waals surface area contributed by atoms with Crippen LogP contribution in [0.5, 0.6) is 0 Å². The molecule has 1 amide bonds. The van der Waals surface area contributed by atoms with Gasteiger partial charge in [-0.3, -0.25) is 9.69 Å². The summed E-state index contributed by atoms with van der Waals surface area (Å²) in [6.45, 7) is 3.50. The van der Waals surface area contributed by atoms with Crippen molar-refractivity contribution in [2.75, 3.05) is 26.7 Å². The van der Waals surface area contributed by atoms with Crippen LogP contribution in [0.2, 0.25) is 0 Å². The van der Waals surface area contributed by atoms with Gasteiger partial charge in [-0.05, 0) is 31.9 Å². The van der Waals surface area contributed by atoms with E-state index in [9.17, 15) is 9.90 Å². The second kappa shape index (κ2) is 6.86. The maximum atomic E-state index is 12.4. The van der Waals surface area contributed by atoms with E-state index in [-0.39, 0.29) is 24.6 Å². The monoisotopic (exact) mass is 276 g/mol. The molecule has 0 aromatic heterocycles. The van der Waals surface area contributed by atoms with Crippen LogP contribution in [0.15, 0.2) is 30.3 Å². The van der Waals surface area contributed by atoms with Crippen molar-refractivity contribution in [1.82, 2.24) is 9.80 Å². The van der Waals surface area contributed by atoms with E-state index in [4.69, 9.17) is 0 Å². The number of carbonyl (C=O) groups is 1. The van der Waals surface area contributed by atoms with Crippen molar-refractivity contribution in [1.29, 1.82) is 0 Å². The van der Waals surface area contributed by atoms with Crippen molar-refractivity contribution in [3.63, 3.8) is 0 Å². The standard InChI is InChI=1S/C16H24N2O2/c1-13(14-7-4-3-5-8-14)17(2)16(20)11-18-10-6-9-15(18)12-19/h3-5,7-8,13,15,19H,6,9-12H2,1-2H3/t13?,15-/m1/s1. The average Bonchev–Trinajstić information content (AvgIpc) is 2.93. The highest BCUT2D eigenvalue weighted by Gasteiger charge is 2.27. The first-order chi connectivity index (χ1) is 9.63. The molecule has 0 bridgehead atoms. The SMILES string of the molecule is CC(c1ccccc1)N(C)C(=O)CN1CCC[C@@H]1CO. The molecule has 1 N–H and O–H groups in total. The maximum Gasteiger partial charge on any atom is 0.237 e. The quantitative estimate of drug-likeness (QED) is 0.889. The highest BCUT2D eigenvalue weighted by atomic mass is 16.3. The summed E-state index contributed by atoms with van der Waals surface area (Å²) in [5.74, 6) is 0.113. The molecule has 20 heavy (non-hydrogen) atoms. The Morgan fingerprint density at radius 1 is 1.45 bits per heavy atom. The van der Waals surface area contributed by atoms with E-state index < -0.39 is 0 Å². The summed E-state index contributed by atoms with van der Waals surface area (Å²) in [6.07, 6.45) is 2.05. The lowest BCUT2D eigenvalue weighted by molar-refractivity contribution is -0.133. The minimum absolute atomic E-state index is 0.0684. The van der Waals surface area contributed by atoms with Crippen LogP contribution in [0.25, 0.3) is 0 Å². The van der Waals surface area contributed by atoms with E-state index in [2.05, 4.69) is 4.90 Å². The van der Waals surface area contributed by atoms with Gasteiger partial charge >= 0.3 is 0 Å². The van der Waals surface area contributed by atoms with Gasteiger partial charge < -0.3 is 10.0 Å². The zero-order valence-corrected chi connectivity index (χ0v) is 12.3. The Morgan fingerprint density at radius 2 is 2.15 bits per heavy atom. The number of aliphatic hydroxyl groups excluding tert-OH is 1. The molecule has 0 spiro atoms. The molecule has 2 rings (SSSR count). The average molecular weight is 276 g/mol. The molecule has 1 heterocycles. The van der Waals surface area contributed by atoms with Crippen LogP contribution < -0.4 is 0 Å². The number of hydrogen-bond acceptors (Lipinski definition) is 3. The fourth-order valence-electron chi connectivity index (χ4n) is 2.77. The first kappa shape index (κ1) is 15.0. The molecule has 1 fully saturated rings. The number of carbonyl (C=O) groups excluding carboxylic acids is 1. The summed E-state index contributed by atoms with van der Waals surface area (Å²) in [5, 5.41) is 9.31. The van der Waals surface area contributed by atoms with Gasteiger partial charge in [0.05, 0.1) is 19.2 Å². The lowest BCUT2D eigenvalue weighted by atomic mass is 10.1. The van der Waals surface area contributed by atoms with Gasteiger partial charge in [0.25, 0.3) is 0 Å². The minimum atomic E-state index is 0.0684. The Kier molecular flexibility index (Phi) is 5.15. The molecule has 4 nitrogen and oxygen atoms in total. The van der Waals surface area contributed by atoms with Gasteiger partial charge in [-0.25, -0.2) is 0 Å². The number of aliphatic hydroxyl groups is 1. The summed E-state index contributed by atoms with van der Waals surface area (Å²) in [6, 6.07) is 10.3. The molecule has 1 saturated heterocycles. The molecule has 2 atom stereocenters. The maximum absolute atomic E-state index is 12.4. The molecule has 1 aliphatic rings. The highest BCUT2D eigenvalue weighted by Crippen LogP contribution is 2.20. The molecule has 1 unspecified atom stereocenters. The first-order valence-corrected chi connectivity index (χ1v) is 7.29. The first-order valence-electron chi connectivity index (χ1n) is 7.29. The van der Waals surface area contributed by atoms with Gasteiger partial charge in [-0.15, -0.1) is 0 Å². The molecule has 0 radical (unpaired) electrons. The van der Waals surface area contributed by atoms with Crippen LogP contribution >= 0.6 is 0 Å². The summed E-state index contributed by atoms with van der Waals surface area (Å²) in [5.41, 5.74) is 1.14. The Labute approximate surface area is 121 Å². The molecule has 0 aliphatic carbocycles. The van der Waals surface area contributed by atoms with Gasteiger partial charge in [-0.1, -0.05) is 30.3 Å². The van der Waals surface area contributed by atoms with Gasteiger partial charge in [0, 0.05) is 13.1 Å². The Balaban J connectivity index is 1.95. The number of amides is 1. The largest absolute Gasteiger partial charge is 0.395 e. The third kappa shape index (κ3) is 3.38. The number of hydrogen-bond donors (Lipinski definition) is 1. The summed E-state index contributed by atoms with van der Waals surface area (Å²) >= 11 is 0. The lowest BCUT2D eigenvalue weighted by Crippen LogP contribution is -2.42. The molecule has 1 aromatic carbocycles. The molecule has 110 valence electrons. The van der Waals surface area contributed by atoms with Crippen LogP contribution in [-0.2, 0) is 4.79 Å². The number of nitrogens with zero attached hydrogens (tertiary/aromatic N) is 2. The van der Waals surface area contributed by atoms with Crippen LogP contribution in [0, 0.1) is 0 Å². The Hall–Kier alpha value is -1.39. The van der Waals surface area contributed by atoms with Crippen molar-refractivity contribution in [2.24, 2.45) is 0 Å². The molecule has 4 heteroatoms. The Morgan fingerprint density at radius 3 is 2.80 bits per heavy atom. The summed E-state index contributed by atoms with van der Waals surface area (Å²) < 4.78 is 0. The fourth-order valence-corrected chi connectivity index (χ4v) is 2.77. The van der Waals surface area contributed by atoms with E-state index in [0.29, 0.717) is 6.54 Å². The predicted octanol–water partition coefficient (Wildman–Crippen LogP) is 1.66. The third-order valence-electron chi connectivity index (χ3n) is 4.30. The second-order valence-electron chi connectivity index (χ2n) is 5.54. The third-order valence-corrected chi connectivity index (χ3v) is 4.30. The van der Waals surface area contributed by atoms with Crippen LogP contribution in [0.4, 0.5) is 0 Å². The van der Waals surface area contributed by atoms with Crippen molar-refractivity contribution in [3.05, 3.63) is 35.9 Å². The van der Waals surface area contributed by atoms with Crippen molar-refractivity contribution >= 4 is 5.91 Å². The van der Waals surface area contributed by atoms with E-state index in [1.807, 2.05) is 44.3 Å². The number of benzene rings is 1. The molecular formula is C16H24N2O2. The molecule has 0 saturated carbocycles. The predicted molar refractivity (Wildman–Crippen MR) is 79.3 cm³/mol. The van der Waals surface area contributed by atoms with Gasteiger partial charge in [0.15, 0.2) is 0 Å². The van der Waals surface area contributed by atoms with Crippen molar-refractivity contribution in [3.8, 4) is 0 Å². The summed E-state index contributed by atoms with van der Waals surface area (Å²) in [4.78, 5) is 16.3. The van der Waals surface area contributed by atoms with Crippen molar-refractivity contribution < 1.29 is 9.90 Å². The van der Waals surface area contributed by atoms with E-state index >= 15 is 0 Å².